The summed E-state index contributed by atoms with van der Waals surface area (Å²) in [6.07, 6.45) is 0.292. The van der Waals surface area contributed by atoms with E-state index in [9.17, 15) is 9.59 Å². The Labute approximate surface area is 155 Å². The van der Waals surface area contributed by atoms with Crippen molar-refractivity contribution in [2.75, 3.05) is 17.7 Å². The first-order chi connectivity index (χ1) is 12.7. The molecule has 5 nitrogen and oxygen atoms in total. The summed E-state index contributed by atoms with van der Waals surface area (Å²) < 4.78 is 5.34. The summed E-state index contributed by atoms with van der Waals surface area (Å²) >= 11 is 1.37. The number of thiophene rings is 1. The third kappa shape index (κ3) is 4.49. The van der Waals surface area contributed by atoms with Crippen molar-refractivity contribution in [3.8, 4) is 5.75 Å². The predicted molar refractivity (Wildman–Crippen MR) is 104 cm³/mol. The summed E-state index contributed by atoms with van der Waals surface area (Å²) in [7, 11) is 1.52. The number of nitrogens with one attached hydrogen (secondary N) is 2. The number of hydrogen-bond donors (Lipinski definition) is 2. The lowest BCUT2D eigenvalue weighted by molar-refractivity contribution is -0.115. The quantitative estimate of drug-likeness (QED) is 0.687. The summed E-state index contributed by atoms with van der Waals surface area (Å²) in [5, 5.41) is 7.51. The molecule has 6 heteroatoms. The maximum atomic E-state index is 12.2. The van der Waals surface area contributed by atoms with Crippen molar-refractivity contribution in [2.45, 2.75) is 6.42 Å². The average Bonchev–Trinajstić information content (AvgIpc) is 3.18. The number of amides is 2. The summed E-state index contributed by atoms with van der Waals surface area (Å²) in [6, 6.07) is 18.2. The van der Waals surface area contributed by atoms with E-state index in [1.165, 1.54) is 18.4 Å². The highest BCUT2D eigenvalue weighted by Crippen LogP contribution is 2.29. The van der Waals surface area contributed by atoms with Gasteiger partial charge in [-0.3, -0.25) is 9.59 Å². The Hall–Kier alpha value is -3.12. The normalized spacial score (nSPS) is 10.2. The van der Waals surface area contributed by atoms with Crippen molar-refractivity contribution in [1.82, 2.24) is 0 Å². The smallest absolute Gasteiger partial charge is 0.265 e. The highest BCUT2D eigenvalue weighted by molar-refractivity contribution is 7.12. The zero-order valence-corrected chi connectivity index (χ0v) is 15.0. The van der Waals surface area contributed by atoms with Crippen LogP contribution in [0.2, 0.25) is 0 Å². The van der Waals surface area contributed by atoms with Crippen LogP contribution >= 0.6 is 11.3 Å². The fraction of sp³-hybridized carbons (Fsp3) is 0.100. The van der Waals surface area contributed by atoms with Crippen LogP contribution in [0.25, 0.3) is 0 Å². The van der Waals surface area contributed by atoms with Crippen LogP contribution in [0.5, 0.6) is 5.75 Å². The molecule has 0 saturated heterocycles. The molecule has 0 radical (unpaired) electrons. The molecule has 0 saturated carbocycles. The topological polar surface area (TPSA) is 67.4 Å². The highest BCUT2D eigenvalue weighted by atomic mass is 32.1. The zero-order valence-electron chi connectivity index (χ0n) is 14.2. The molecule has 0 aliphatic heterocycles. The molecular formula is C20H18N2O3S. The van der Waals surface area contributed by atoms with Crippen LogP contribution in [-0.2, 0) is 11.2 Å². The summed E-state index contributed by atoms with van der Waals surface area (Å²) in [5.41, 5.74) is 2.10. The summed E-state index contributed by atoms with van der Waals surface area (Å²) in [6.45, 7) is 0. The van der Waals surface area contributed by atoms with Crippen LogP contribution in [0.4, 0.5) is 11.4 Å². The molecule has 2 N–H and O–H groups in total. The molecule has 1 heterocycles. The van der Waals surface area contributed by atoms with Crippen molar-refractivity contribution in [3.05, 3.63) is 76.5 Å². The lowest BCUT2D eigenvalue weighted by Gasteiger charge is -2.12. The van der Waals surface area contributed by atoms with E-state index in [4.69, 9.17) is 4.74 Å². The monoisotopic (exact) mass is 366 g/mol. The van der Waals surface area contributed by atoms with Gasteiger partial charge in [-0.05, 0) is 29.1 Å². The van der Waals surface area contributed by atoms with E-state index in [-0.39, 0.29) is 11.8 Å². The van der Waals surface area contributed by atoms with Gasteiger partial charge >= 0.3 is 0 Å². The number of carbonyl (C=O) groups excluding carboxylic acids is 2. The largest absolute Gasteiger partial charge is 0.494 e. The van der Waals surface area contributed by atoms with E-state index in [1.54, 1.807) is 24.3 Å². The van der Waals surface area contributed by atoms with Gasteiger partial charge < -0.3 is 15.4 Å². The molecule has 2 aromatic carbocycles. The Balaban J connectivity index is 1.68. The number of anilines is 2. The number of carbonyl (C=O) groups is 2. The number of benzene rings is 2. The van der Waals surface area contributed by atoms with Gasteiger partial charge in [0.2, 0.25) is 5.91 Å². The molecule has 0 aliphatic carbocycles. The van der Waals surface area contributed by atoms with Gasteiger partial charge in [0.1, 0.15) is 5.75 Å². The predicted octanol–water partition coefficient (Wildman–Crippen LogP) is 4.19. The molecule has 26 heavy (non-hydrogen) atoms. The van der Waals surface area contributed by atoms with Gasteiger partial charge in [-0.15, -0.1) is 11.3 Å². The van der Waals surface area contributed by atoms with Gasteiger partial charge in [-0.2, -0.15) is 0 Å². The highest BCUT2D eigenvalue weighted by Gasteiger charge is 2.12. The second kappa shape index (κ2) is 8.31. The lowest BCUT2D eigenvalue weighted by atomic mass is 10.1. The second-order valence-corrected chi connectivity index (χ2v) is 6.50. The minimum absolute atomic E-state index is 0.117. The minimum Gasteiger partial charge on any atom is -0.494 e. The van der Waals surface area contributed by atoms with E-state index < -0.39 is 0 Å². The third-order valence-corrected chi connectivity index (χ3v) is 4.55. The van der Waals surface area contributed by atoms with E-state index in [0.29, 0.717) is 28.4 Å². The van der Waals surface area contributed by atoms with Crippen molar-refractivity contribution >= 4 is 34.5 Å². The van der Waals surface area contributed by atoms with E-state index in [2.05, 4.69) is 10.6 Å². The molecule has 132 valence electrons. The first kappa shape index (κ1) is 17.7. The molecule has 3 rings (SSSR count). The number of rotatable bonds is 6. The standard InChI is InChI=1S/C20H18N2O3S/c1-25-17-13-15(21-19(23)12-14-6-3-2-4-7-14)9-10-16(17)22-20(24)18-8-5-11-26-18/h2-11,13H,12H2,1H3,(H,21,23)(H,22,24). The van der Waals surface area contributed by atoms with Crippen LogP contribution < -0.4 is 15.4 Å². The Bertz CT molecular complexity index is 893. The number of hydrogen-bond acceptors (Lipinski definition) is 4. The third-order valence-electron chi connectivity index (χ3n) is 3.69. The van der Waals surface area contributed by atoms with Crippen LogP contribution in [-0.4, -0.2) is 18.9 Å². The Morgan fingerprint density at radius 3 is 2.50 bits per heavy atom. The molecule has 0 atom stereocenters. The molecule has 1 aromatic heterocycles. The van der Waals surface area contributed by atoms with Gasteiger partial charge in [0.25, 0.3) is 5.91 Å². The summed E-state index contributed by atoms with van der Waals surface area (Å²) in [4.78, 5) is 25.0. The molecule has 0 aliphatic rings. The molecular weight excluding hydrogens is 348 g/mol. The molecule has 2 amide bonds. The van der Waals surface area contributed by atoms with Crippen LogP contribution in [0.15, 0.2) is 66.0 Å². The number of ether oxygens (including phenoxy) is 1. The lowest BCUT2D eigenvalue weighted by Crippen LogP contribution is -2.15. The van der Waals surface area contributed by atoms with E-state index >= 15 is 0 Å². The van der Waals surface area contributed by atoms with E-state index in [1.807, 2.05) is 41.8 Å². The van der Waals surface area contributed by atoms with Gasteiger partial charge in [0, 0.05) is 11.8 Å². The Morgan fingerprint density at radius 2 is 1.81 bits per heavy atom. The van der Waals surface area contributed by atoms with Crippen molar-refractivity contribution in [3.63, 3.8) is 0 Å². The van der Waals surface area contributed by atoms with Crippen LogP contribution in [0.1, 0.15) is 15.2 Å². The molecule has 0 spiro atoms. The fourth-order valence-corrected chi connectivity index (χ4v) is 3.07. The molecule has 0 bridgehead atoms. The van der Waals surface area contributed by atoms with Crippen molar-refractivity contribution < 1.29 is 14.3 Å². The minimum atomic E-state index is -0.195. The Kier molecular flexibility index (Phi) is 5.66. The molecule has 0 unspecified atom stereocenters. The summed E-state index contributed by atoms with van der Waals surface area (Å²) in [5.74, 6) is 0.167. The SMILES string of the molecule is COc1cc(NC(=O)Cc2ccccc2)ccc1NC(=O)c1cccs1. The van der Waals surface area contributed by atoms with Gasteiger partial charge in [-0.1, -0.05) is 36.4 Å². The maximum Gasteiger partial charge on any atom is 0.265 e. The first-order valence-corrected chi connectivity index (χ1v) is 8.90. The van der Waals surface area contributed by atoms with Crippen molar-refractivity contribution in [1.29, 1.82) is 0 Å². The van der Waals surface area contributed by atoms with Gasteiger partial charge in [-0.25, -0.2) is 0 Å². The van der Waals surface area contributed by atoms with Crippen LogP contribution in [0, 0.1) is 0 Å². The first-order valence-electron chi connectivity index (χ1n) is 8.02. The van der Waals surface area contributed by atoms with Crippen molar-refractivity contribution in [2.24, 2.45) is 0 Å². The van der Waals surface area contributed by atoms with Crippen LogP contribution in [0.3, 0.4) is 0 Å². The number of methoxy groups -OCH3 is 1. The van der Waals surface area contributed by atoms with E-state index in [0.717, 1.165) is 5.56 Å². The zero-order chi connectivity index (χ0) is 18.4. The fourth-order valence-electron chi connectivity index (χ4n) is 2.45. The maximum absolute atomic E-state index is 12.2. The van der Waals surface area contributed by atoms with Gasteiger partial charge in [0.15, 0.2) is 0 Å². The molecule has 0 fully saturated rings. The second-order valence-electron chi connectivity index (χ2n) is 5.56. The molecule has 3 aromatic rings. The average molecular weight is 366 g/mol. The van der Waals surface area contributed by atoms with Gasteiger partial charge in [0.05, 0.1) is 24.1 Å². The Morgan fingerprint density at radius 1 is 1.00 bits per heavy atom.